The highest BCUT2D eigenvalue weighted by Crippen LogP contribution is 2.27. The first-order valence-corrected chi connectivity index (χ1v) is 6.35. The summed E-state index contributed by atoms with van der Waals surface area (Å²) in [4.78, 5) is 0. The van der Waals surface area contributed by atoms with Gasteiger partial charge in [-0.1, -0.05) is 6.07 Å². The van der Waals surface area contributed by atoms with Gasteiger partial charge in [-0.25, -0.2) is 0 Å². The number of hydrogen-bond donors (Lipinski definition) is 2. The molecule has 0 aliphatic rings. The maximum atomic E-state index is 8.84. The molecule has 1 heterocycles. The van der Waals surface area contributed by atoms with Gasteiger partial charge in [-0.05, 0) is 17.7 Å². The monoisotopic (exact) mass is 277 g/mol. The van der Waals surface area contributed by atoms with Crippen LogP contribution in [-0.2, 0) is 13.1 Å². The molecule has 0 aliphatic heterocycles. The number of aromatic nitrogens is 2. The van der Waals surface area contributed by atoms with Crippen LogP contribution >= 0.6 is 0 Å². The van der Waals surface area contributed by atoms with Crippen LogP contribution in [0.3, 0.4) is 0 Å². The number of nitrogens with one attached hydrogen (secondary N) is 1. The summed E-state index contributed by atoms with van der Waals surface area (Å²) in [7, 11) is 3.24. The summed E-state index contributed by atoms with van der Waals surface area (Å²) in [5.74, 6) is 1.43. The van der Waals surface area contributed by atoms with Crippen molar-refractivity contribution in [2.45, 2.75) is 13.1 Å². The van der Waals surface area contributed by atoms with E-state index in [0.29, 0.717) is 24.6 Å². The Bertz CT molecular complexity index is 554. The lowest BCUT2D eigenvalue weighted by Gasteiger charge is -2.10. The van der Waals surface area contributed by atoms with E-state index in [0.717, 1.165) is 11.3 Å². The van der Waals surface area contributed by atoms with E-state index >= 15 is 0 Å². The molecule has 1 aromatic carbocycles. The molecule has 2 N–H and O–H groups in total. The summed E-state index contributed by atoms with van der Waals surface area (Å²) in [6.07, 6.45) is 3.59. The van der Waals surface area contributed by atoms with E-state index in [2.05, 4.69) is 10.4 Å². The molecular formula is C14H19N3O3. The highest BCUT2D eigenvalue weighted by molar-refractivity contribution is 5.45. The van der Waals surface area contributed by atoms with Gasteiger partial charge in [0, 0.05) is 12.7 Å². The van der Waals surface area contributed by atoms with Gasteiger partial charge < -0.3 is 19.9 Å². The molecule has 20 heavy (non-hydrogen) atoms. The third kappa shape index (κ3) is 3.42. The van der Waals surface area contributed by atoms with Crippen LogP contribution in [-0.4, -0.2) is 35.7 Å². The summed E-state index contributed by atoms with van der Waals surface area (Å²) in [6.45, 7) is 1.24. The van der Waals surface area contributed by atoms with Gasteiger partial charge in [0.05, 0.1) is 39.3 Å². The van der Waals surface area contributed by atoms with Crippen LogP contribution < -0.4 is 14.8 Å². The standard InChI is InChI=1S/C14H19N3O3/c1-19-13-4-3-11(7-14(13)20-2)8-15-12-9-16-17(10-12)5-6-18/h3-4,7,9-10,15,18H,5-6,8H2,1-2H3. The number of nitrogens with zero attached hydrogens (tertiary/aromatic N) is 2. The largest absolute Gasteiger partial charge is 0.493 e. The zero-order chi connectivity index (χ0) is 14.4. The molecule has 0 fully saturated rings. The van der Waals surface area contributed by atoms with Crippen molar-refractivity contribution in [3.8, 4) is 11.5 Å². The molecule has 0 atom stereocenters. The van der Waals surface area contributed by atoms with Crippen LogP contribution in [0.1, 0.15) is 5.56 Å². The van der Waals surface area contributed by atoms with E-state index in [-0.39, 0.29) is 6.61 Å². The normalized spacial score (nSPS) is 10.3. The van der Waals surface area contributed by atoms with Crippen molar-refractivity contribution >= 4 is 5.69 Å². The summed E-state index contributed by atoms with van der Waals surface area (Å²) >= 11 is 0. The average molecular weight is 277 g/mol. The molecule has 6 heteroatoms. The number of methoxy groups -OCH3 is 2. The highest BCUT2D eigenvalue weighted by atomic mass is 16.5. The summed E-state index contributed by atoms with van der Waals surface area (Å²) < 4.78 is 12.2. The van der Waals surface area contributed by atoms with Gasteiger partial charge in [0.25, 0.3) is 0 Å². The zero-order valence-corrected chi connectivity index (χ0v) is 11.7. The predicted molar refractivity (Wildman–Crippen MR) is 76.2 cm³/mol. The van der Waals surface area contributed by atoms with Crippen LogP contribution in [0.4, 0.5) is 5.69 Å². The van der Waals surface area contributed by atoms with Crippen LogP contribution in [0, 0.1) is 0 Å². The first kappa shape index (κ1) is 14.2. The minimum absolute atomic E-state index is 0.0802. The van der Waals surface area contributed by atoms with Crippen molar-refractivity contribution in [1.29, 1.82) is 0 Å². The van der Waals surface area contributed by atoms with Crippen molar-refractivity contribution in [1.82, 2.24) is 9.78 Å². The number of benzene rings is 1. The maximum absolute atomic E-state index is 8.84. The van der Waals surface area contributed by atoms with Gasteiger partial charge in [-0.15, -0.1) is 0 Å². The molecule has 2 aromatic rings. The maximum Gasteiger partial charge on any atom is 0.161 e. The van der Waals surface area contributed by atoms with Gasteiger partial charge in [-0.3, -0.25) is 4.68 Å². The summed E-state index contributed by atoms with van der Waals surface area (Å²) in [5.41, 5.74) is 1.99. The highest BCUT2D eigenvalue weighted by Gasteiger charge is 2.05. The molecular weight excluding hydrogens is 258 g/mol. The third-order valence-electron chi connectivity index (χ3n) is 2.91. The molecule has 0 radical (unpaired) electrons. The van der Waals surface area contributed by atoms with E-state index in [1.165, 1.54) is 0 Å². The quantitative estimate of drug-likeness (QED) is 0.803. The lowest BCUT2D eigenvalue weighted by Crippen LogP contribution is -2.02. The summed E-state index contributed by atoms with van der Waals surface area (Å²) in [6, 6.07) is 5.79. The van der Waals surface area contributed by atoms with Crippen LogP contribution in [0.25, 0.3) is 0 Å². The zero-order valence-electron chi connectivity index (χ0n) is 11.7. The fraction of sp³-hybridized carbons (Fsp3) is 0.357. The van der Waals surface area contributed by atoms with Gasteiger partial charge in [0.15, 0.2) is 11.5 Å². The Morgan fingerprint density at radius 2 is 2.05 bits per heavy atom. The van der Waals surface area contributed by atoms with Gasteiger partial charge in [0.1, 0.15) is 0 Å². The fourth-order valence-electron chi connectivity index (χ4n) is 1.87. The van der Waals surface area contributed by atoms with E-state index in [1.807, 2.05) is 24.4 Å². The lowest BCUT2D eigenvalue weighted by atomic mass is 10.2. The lowest BCUT2D eigenvalue weighted by molar-refractivity contribution is 0.269. The predicted octanol–water partition coefficient (Wildman–Crippen LogP) is 1.50. The van der Waals surface area contributed by atoms with Gasteiger partial charge in [0.2, 0.25) is 0 Å². The summed E-state index contributed by atoms with van der Waals surface area (Å²) in [5, 5.41) is 16.2. The number of aliphatic hydroxyl groups excluding tert-OH is 1. The van der Waals surface area contributed by atoms with Crippen molar-refractivity contribution in [2.24, 2.45) is 0 Å². The van der Waals surface area contributed by atoms with Gasteiger partial charge in [-0.2, -0.15) is 5.10 Å². The number of hydrogen-bond acceptors (Lipinski definition) is 5. The topological polar surface area (TPSA) is 68.5 Å². The number of anilines is 1. The Balaban J connectivity index is 1.99. The van der Waals surface area contributed by atoms with Gasteiger partial charge >= 0.3 is 0 Å². The first-order chi connectivity index (χ1) is 9.76. The first-order valence-electron chi connectivity index (χ1n) is 6.35. The molecule has 0 bridgehead atoms. The van der Waals surface area contributed by atoms with E-state index in [4.69, 9.17) is 14.6 Å². The van der Waals surface area contributed by atoms with Crippen molar-refractivity contribution < 1.29 is 14.6 Å². The minimum Gasteiger partial charge on any atom is -0.493 e. The molecule has 0 saturated carbocycles. The van der Waals surface area contributed by atoms with Crippen LogP contribution in [0.15, 0.2) is 30.6 Å². The molecule has 0 saturated heterocycles. The SMILES string of the molecule is COc1ccc(CNc2cnn(CCO)c2)cc1OC. The smallest absolute Gasteiger partial charge is 0.161 e. The number of ether oxygens (including phenoxy) is 2. The molecule has 1 aromatic heterocycles. The molecule has 6 nitrogen and oxygen atoms in total. The number of rotatable bonds is 7. The Morgan fingerprint density at radius 1 is 1.25 bits per heavy atom. The van der Waals surface area contributed by atoms with E-state index < -0.39 is 0 Å². The average Bonchev–Trinajstić information content (AvgIpc) is 2.93. The molecule has 2 rings (SSSR count). The Hall–Kier alpha value is -2.21. The molecule has 108 valence electrons. The fourth-order valence-corrected chi connectivity index (χ4v) is 1.87. The second kappa shape index (κ2) is 6.81. The Morgan fingerprint density at radius 3 is 2.75 bits per heavy atom. The Labute approximate surface area is 117 Å². The van der Waals surface area contributed by atoms with Crippen molar-refractivity contribution in [3.05, 3.63) is 36.2 Å². The molecule has 0 amide bonds. The minimum atomic E-state index is 0.0802. The van der Waals surface area contributed by atoms with E-state index in [1.54, 1.807) is 25.1 Å². The second-order valence-electron chi connectivity index (χ2n) is 4.26. The van der Waals surface area contributed by atoms with E-state index in [9.17, 15) is 0 Å². The van der Waals surface area contributed by atoms with Crippen molar-refractivity contribution in [2.75, 3.05) is 26.1 Å². The van der Waals surface area contributed by atoms with Crippen LogP contribution in [0.5, 0.6) is 11.5 Å². The van der Waals surface area contributed by atoms with Crippen LogP contribution in [0.2, 0.25) is 0 Å². The molecule has 0 aliphatic carbocycles. The van der Waals surface area contributed by atoms with Crippen molar-refractivity contribution in [3.63, 3.8) is 0 Å². The third-order valence-corrected chi connectivity index (χ3v) is 2.91. The molecule has 0 unspecified atom stereocenters. The second-order valence-corrected chi connectivity index (χ2v) is 4.26. The Kier molecular flexibility index (Phi) is 4.84. The molecule has 0 spiro atoms. The number of aliphatic hydroxyl groups is 1.